The summed E-state index contributed by atoms with van der Waals surface area (Å²) in [6.07, 6.45) is 15.9. The quantitative estimate of drug-likeness (QED) is 0.446. The van der Waals surface area contributed by atoms with Crippen LogP contribution in [0.3, 0.4) is 0 Å². The maximum Gasteiger partial charge on any atom is 0.224 e. The fourth-order valence-electron chi connectivity index (χ4n) is 4.76. The van der Waals surface area contributed by atoms with Crippen molar-refractivity contribution in [2.75, 3.05) is 56.5 Å². The Bertz CT molecular complexity index is 627. The maximum absolute atomic E-state index is 5.00. The van der Waals surface area contributed by atoms with Gasteiger partial charge >= 0.3 is 0 Å². The minimum absolute atomic E-state index is 0.823. The molecule has 0 radical (unpaired) electrons. The molecule has 2 aliphatic heterocycles. The molecule has 3 heterocycles. The van der Waals surface area contributed by atoms with Gasteiger partial charge in [0.05, 0.1) is 5.69 Å². The molecule has 0 unspecified atom stereocenters. The molecule has 1 aromatic heterocycles. The molecule has 31 heavy (non-hydrogen) atoms. The molecule has 1 saturated heterocycles. The third-order valence-corrected chi connectivity index (χ3v) is 6.74. The van der Waals surface area contributed by atoms with Crippen LogP contribution in [-0.2, 0) is 13.0 Å². The van der Waals surface area contributed by atoms with Gasteiger partial charge in [-0.1, -0.05) is 58.3 Å². The topological polar surface area (TPSA) is 56.3 Å². The minimum Gasteiger partial charge on any atom is -0.356 e. The second-order valence-corrected chi connectivity index (χ2v) is 9.48. The molecule has 2 N–H and O–H groups in total. The summed E-state index contributed by atoms with van der Waals surface area (Å²) in [5.74, 6) is 2.00. The summed E-state index contributed by atoms with van der Waals surface area (Å²) < 4.78 is 0. The predicted molar refractivity (Wildman–Crippen MR) is 132 cm³/mol. The van der Waals surface area contributed by atoms with E-state index in [0.29, 0.717) is 0 Å². The third-order valence-electron chi connectivity index (χ3n) is 6.74. The first-order valence-electron chi connectivity index (χ1n) is 13.1. The molecule has 176 valence electrons. The normalized spacial score (nSPS) is 16.9. The number of aromatic nitrogens is 2. The Morgan fingerprint density at radius 2 is 1.68 bits per heavy atom. The van der Waals surface area contributed by atoms with Gasteiger partial charge in [-0.15, -0.1) is 0 Å². The van der Waals surface area contributed by atoms with E-state index in [-0.39, 0.29) is 0 Å². The van der Waals surface area contributed by atoms with Crippen LogP contribution in [0.4, 0.5) is 11.8 Å². The molecule has 6 heteroatoms. The van der Waals surface area contributed by atoms with Gasteiger partial charge in [0.2, 0.25) is 5.95 Å². The molecule has 0 aliphatic carbocycles. The molecular formula is C25H46N6. The summed E-state index contributed by atoms with van der Waals surface area (Å²) in [5.41, 5.74) is 2.57. The number of anilines is 2. The highest BCUT2D eigenvalue weighted by molar-refractivity contribution is 5.53. The van der Waals surface area contributed by atoms with Gasteiger partial charge in [0.25, 0.3) is 0 Å². The lowest BCUT2D eigenvalue weighted by Crippen LogP contribution is -2.32. The Kier molecular flexibility index (Phi) is 10.9. The zero-order valence-electron chi connectivity index (χ0n) is 20.2. The van der Waals surface area contributed by atoms with Crippen LogP contribution in [0.2, 0.25) is 0 Å². The van der Waals surface area contributed by atoms with Crippen molar-refractivity contribution in [3.8, 4) is 0 Å². The van der Waals surface area contributed by atoms with Gasteiger partial charge in [-0.05, 0) is 32.9 Å². The van der Waals surface area contributed by atoms with Crippen LogP contribution in [-0.4, -0.2) is 61.2 Å². The fourth-order valence-corrected chi connectivity index (χ4v) is 4.76. The molecule has 0 bridgehead atoms. The van der Waals surface area contributed by atoms with E-state index in [4.69, 9.17) is 9.97 Å². The fraction of sp³-hybridized carbons (Fsp3) is 0.840. The van der Waals surface area contributed by atoms with E-state index in [9.17, 15) is 0 Å². The van der Waals surface area contributed by atoms with Crippen LogP contribution in [0, 0.1) is 0 Å². The average Bonchev–Trinajstić information content (AvgIpc) is 3.07. The van der Waals surface area contributed by atoms with Crippen molar-refractivity contribution in [1.29, 1.82) is 0 Å². The van der Waals surface area contributed by atoms with E-state index in [1.54, 1.807) is 0 Å². The molecule has 2 aliphatic rings. The highest BCUT2D eigenvalue weighted by Gasteiger charge is 2.22. The van der Waals surface area contributed by atoms with E-state index in [1.807, 2.05) is 0 Å². The number of hydrogen-bond donors (Lipinski definition) is 2. The van der Waals surface area contributed by atoms with Crippen LogP contribution in [0.25, 0.3) is 0 Å². The Balaban J connectivity index is 1.46. The smallest absolute Gasteiger partial charge is 0.224 e. The first-order chi connectivity index (χ1) is 15.3. The van der Waals surface area contributed by atoms with Crippen molar-refractivity contribution in [2.45, 2.75) is 90.5 Å². The van der Waals surface area contributed by atoms with Crippen LogP contribution in [0.15, 0.2) is 0 Å². The molecule has 3 rings (SSSR count). The van der Waals surface area contributed by atoms with Crippen molar-refractivity contribution in [2.24, 2.45) is 0 Å². The summed E-state index contributed by atoms with van der Waals surface area (Å²) in [6.45, 7) is 9.59. The first-order valence-corrected chi connectivity index (χ1v) is 13.1. The molecule has 1 aromatic rings. The Morgan fingerprint density at radius 3 is 2.45 bits per heavy atom. The number of nitrogens with one attached hydrogen (secondary N) is 2. The molecule has 1 fully saturated rings. The zero-order chi connectivity index (χ0) is 21.7. The van der Waals surface area contributed by atoms with Crippen molar-refractivity contribution in [1.82, 2.24) is 20.2 Å². The molecular weight excluding hydrogens is 384 g/mol. The number of unbranched alkanes of at least 4 members (excludes halogenated alkanes) is 6. The van der Waals surface area contributed by atoms with Crippen LogP contribution in [0.5, 0.6) is 0 Å². The first kappa shape index (κ1) is 24.2. The molecule has 6 nitrogen and oxygen atoms in total. The van der Waals surface area contributed by atoms with Gasteiger partial charge < -0.3 is 20.4 Å². The van der Waals surface area contributed by atoms with Gasteiger partial charge in [-0.3, -0.25) is 0 Å². The summed E-state index contributed by atoms with van der Waals surface area (Å²) in [7, 11) is 2.24. The standard InChI is InChI=1S/C25H46N6/c1-3-4-5-6-7-8-11-17-30(2)20-16-27-25-28-23-14-15-26-21-22(23)24(29-25)31-18-12-9-10-13-19-31/h26H,3-21H2,1-2H3,(H,27,28,29). The monoisotopic (exact) mass is 430 g/mol. The van der Waals surface area contributed by atoms with Gasteiger partial charge in [-0.2, -0.15) is 4.98 Å². The lowest BCUT2D eigenvalue weighted by molar-refractivity contribution is 0.335. The number of nitrogens with zero attached hydrogens (tertiary/aromatic N) is 4. The second kappa shape index (κ2) is 13.9. The summed E-state index contributed by atoms with van der Waals surface area (Å²) >= 11 is 0. The summed E-state index contributed by atoms with van der Waals surface area (Å²) in [4.78, 5) is 14.9. The minimum atomic E-state index is 0.823. The SMILES string of the molecule is CCCCCCCCCN(C)CCNc1nc2c(c(N3CCCCCC3)n1)CNCC2. The number of likely N-dealkylation sites (N-methyl/N-ethyl adjacent to an activating group) is 1. The van der Waals surface area contributed by atoms with Crippen molar-refractivity contribution in [3.05, 3.63) is 11.3 Å². The Labute approximate surface area is 190 Å². The second-order valence-electron chi connectivity index (χ2n) is 9.48. The predicted octanol–water partition coefficient (Wildman–Crippen LogP) is 4.60. The van der Waals surface area contributed by atoms with E-state index in [1.165, 1.54) is 94.2 Å². The molecule has 0 spiro atoms. The van der Waals surface area contributed by atoms with E-state index in [2.05, 4.69) is 34.4 Å². The largest absolute Gasteiger partial charge is 0.356 e. The van der Waals surface area contributed by atoms with Gasteiger partial charge in [0.1, 0.15) is 5.82 Å². The Morgan fingerprint density at radius 1 is 0.935 bits per heavy atom. The molecule has 0 aromatic carbocycles. The summed E-state index contributed by atoms with van der Waals surface area (Å²) in [5, 5.41) is 7.05. The highest BCUT2D eigenvalue weighted by Crippen LogP contribution is 2.27. The van der Waals surface area contributed by atoms with E-state index < -0.39 is 0 Å². The zero-order valence-corrected chi connectivity index (χ0v) is 20.2. The van der Waals surface area contributed by atoms with Gasteiger partial charge in [-0.25, -0.2) is 4.98 Å². The van der Waals surface area contributed by atoms with Gasteiger partial charge in [0.15, 0.2) is 0 Å². The summed E-state index contributed by atoms with van der Waals surface area (Å²) in [6, 6.07) is 0. The van der Waals surface area contributed by atoms with Crippen molar-refractivity contribution < 1.29 is 0 Å². The maximum atomic E-state index is 5.00. The van der Waals surface area contributed by atoms with Crippen molar-refractivity contribution >= 4 is 11.8 Å². The number of hydrogen-bond acceptors (Lipinski definition) is 6. The van der Waals surface area contributed by atoms with E-state index in [0.717, 1.165) is 51.6 Å². The lowest BCUT2D eigenvalue weighted by Gasteiger charge is -2.28. The average molecular weight is 431 g/mol. The lowest BCUT2D eigenvalue weighted by atomic mass is 10.1. The van der Waals surface area contributed by atoms with Crippen LogP contribution in [0.1, 0.15) is 88.8 Å². The number of rotatable bonds is 13. The highest BCUT2D eigenvalue weighted by atomic mass is 15.2. The third kappa shape index (κ3) is 8.23. The Hall–Kier alpha value is -1.40. The molecule has 0 saturated carbocycles. The van der Waals surface area contributed by atoms with Crippen LogP contribution >= 0.6 is 0 Å². The number of fused-ring (bicyclic) bond motifs is 1. The van der Waals surface area contributed by atoms with Gasteiger partial charge in [0, 0.05) is 51.3 Å². The molecule has 0 amide bonds. The van der Waals surface area contributed by atoms with Crippen molar-refractivity contribution in [3.63, 3.8) is 0 Å². The van der Waals surface area contributed by atoms with E-state index >= 15 is 0 Å². The van der Waals surface area contributed by atoms with Crippen LogP contribution < -0.4 is 15.5 Å². The molecule has 0 atom stereocenters.